The number of non-ortho nitro benzene ring substituents is 1. The van der Waals surface area contributed by atoms with E-state index in [1.54, 1.807) is 39.8 Å². The number of imidazole rings is 1. The largest absolute Gasteiger partial charge is 0.508 e. The highest BCUT2D eigenvalue weighted by Crippen LogP contribution is 2.21. The number of guanidine groups is 1. The van der Waals surface area contributed by atoms with Crippen LogP contribution < -0.4 is 43.4 Å². The van der Waals surface area contributed by atoms with Gasteiger partial charge in [0.1, 0.15) is 53.7 Å². The number of hydrogen-bond donors (Lipinski definition) is 10. The second-order valence-corrected chi connectivity index (χ2v) is 18.2. The first kappa shape index (κ1) is 58.3. The number of esters is 1. The van der Waals surface area contributed by atoms with E-state index in [0.717, 1.165) is 0 Å². The third kappa shape index (κ3) is 17.8. The molecule has 0 unspecified atom stereocenters. The van der Waals surface area contributed by atoms with Crippen molar-refractivity contribution < 1.29 is 53.4 Å². The van der Waals surface area contributed by atoms with Crippen LogP contribution in [0.25, 0.3) is 0 Å². The first-order valence-electron chi connectivity index (χ1n) is 24.0. The molecule has 0 spiro atoms. The van der Waals surface area contributed by atoms with E-state index in [2.05, 4.69) is 47.0 Å². The highest BCUT2D eigenvalue weighted by molar-refractivity contribution is 5.97. The summed E-state index contributed by atoms with van der Waals surface area (Å²) >= 11 is 0. The number of nitrogens with zero attached hydrogens (tertiary/aromatic N) is 5. The fourth-order valence-corrected chi connectivity index (χ4v) is 7.83. The zero-order valence-corrected chi connectivity index (χ0v) is 41.8. The quantitative estimate of drug-likeness (QED) is 0.0119. The molecular weight excluding hydrogens is 969 g/mol. The minimum absolute atomic E-state index is 0.0525. The number of carbonyl (C=O) groups is 7. The summed E-state index contributed by atoms with van der Waals surface area (Å²) in [6.45, 7) is 8.27. The fraction of sp³-hybridized carbons (Fsp3) is 0.511. The summed E-state index contributed by atoms with van der Waals surface area (Å²) in [5.74, 6) is -6.60. The molecule has 1 fully saturated rings. The number of ether oxygens (including phenoxy) is 1. The van der Waals surface area contributed by atoms with Gasteiger partial charge in [-0.1, -0.05) is 46.2 Å². The van der Waals surface area contributed by atoms with Gasteiger partial charge in [0.05, 0.1) is 17.3 Å². The number of phenols is 1. The monoisotopic (exact) mass is 1030 g/mol. The zero-order valence-electron chi connectivity index (χ0n) is 41.8. The van der Waals surface area contributed by atoms with Gasteiger partial charge in [-0.2, -0.15) is 0 Å². The van der Waals surface area contributed by atoms with Crippen molar-refractivity contribution in [3.8, 4) is 5.75 Å². The maximum absolute atomic E-state index is 14.5. The fourth-order valence-electron chi connectivity index (χ4n) is 7.83. The molecule has 12 N–H and O–H groups in total. The van der Waals surface area contributed by atoms with Gasteiger partial charge in [-0.25, -0.2) is 19.9 Å². The molecule has 74 heavy (non-hydrogen) atoms. The average molecular weight is 1040 g/mol. The maximum atomic E-state index is 14.5. The third-order valence-electron chi connectivity index (χ3n) is 12.2. The molecule has 0 aliphatic carbocycles. The summed E-state index contributed by atoms with van der Waals surface area (Å²) in [5, 5.41) is 49.5. The standard InChI is InChI=1S/C47H66N14O13/c1-6-27(4)39(57-41(64)35(21-29-13-17-33(62)18-14-29)54-43(66)38(26(2)3)56-40(63)34(48)9-7-19-51-47(49)58-61(72)73)44(67)55-36(22-31-23-50-25-52-31)45(68)59-20-8-10-37(59)42(65)53-28(5)46(69)74-24-30-11-15-32(16-12-30)60(70)71/h11-18,23,25-28,34-39,62H,6-10,19-22,24,48H2,1-5H3,(H,50,52)(H,53,65)(H,54,66)(H,55,67)(H,56,63)(H,57,64)(H3,49,51,58)/t27-,28-,34-,35-,36-,37-,38-,39-/m0/s1. The smallest absolute Gasteiger partial charge is 0.328 e. The Kier molecular flexibility index (Phi) is 22.2. The number of nitrogens with one attached hydrogen (secondary N) is 7. The van der Waals surface area contributed by atoms with Crippen molar-refractivity contribution in [2.75, 3.05) is 13.1 Å². The van der Waals surface area contributed by atoms with Crippen LogP contribution >= 0.6 is 0 Å². The molecule has 2 heterocycles. The topological polar surface area (TPSA) is 404 Å². The number of benzene rings is 2. The molecule has 27 heteroatoms. The minimum atomic E-state index is -1.36. The summed E-state index contributed by atoms with van der Waals surface area (Å²) in [4.78, 5) is 126. The van der Waals surface area contributed by atoms with Crippen LogP contribution in [0.4, 0.5) is 5.69 Å². The number of amides is 6. The van der Waals surface area contributed by atoms with E-state index in [-0.39, 0.29) is 63.2 Å². The van der Waals surface area contributed by atoms with Gasteiger partial charge in [0, 0.05) is 50.0 Å². The number of hydrazone groups is 1. The predicted molar refractivity (Wildman–Crippen MR) is 265 cm³/mol. The molecule has 3 aromatic rings. The number of aromatic nitrogens is 2. The normalized spacial score (nSPS) is 16.3. The van der Waals surface area contributed by atoms with Crippen molar-refractivity contribution in [3.05, 3.63) is 98.1 Å². The molecule has 0 bridgehead atoms. The molecule has 402 valence electrons. The second kappa shape index (κ2) is 28.1. The number of rotatable bonds is 27. The molecular formula is C47H66N14O13. The number of likely N-dealkylation sites (tertiary alicyclic amines) is 1. The van der Waals surface area contributed by atoms with Gasteiger partial charge in [-0.3, -0.25) is 38.9 Å². The number of nitro benzene ring substituents is 1. The van der Waals surface area contributed by atoms with Crippen molar-refractivity contribution in [2.45, 2.75) is 128 Å². The Morgan fingerprint density at radius 3 is 2.11 bits per heavy atom. The van der Waals surface area contributed by atoms with Crippen LogP contribution in [-0.4, -0.2) is 133 Å². The van der Waals surface area contributed by atoms with Crippen LogP contribution in [0.5, 0.6) is 5.75 Å². The highest BCUT2D eigenvalue weighted by Gasteiger charge is 2.40. The van der Waals surface area contributed by atoms with Crippen molar-refractivity contribution in [3.63, 3.8) is 0 Å². The molecule has 8 atom stereocenters. The molecule has 1 saturated heterocycles. The van der Waals surface area contributed by atoms with Crippen LogP contribution in [0.15, 0.2) is 66.2 Å². The third-order valence-corrected chi connectivity index (χ3v) is 12.2. The number of nitro groups is 2. The molecule has 0 radical (unpaired) electrons. The lowest BCUT2D eigenvalue weighted by atomic mass is 9.96. The summed E-state index contributed by atoms with van der Waals surface area (Å²) < 4.78 is 5.32. The van der Waals surface area contributed by atoms with Crippen LogP contribution in [0.2, 0.25) is 0 Å². The van der Waals surface area contributed by atoms with Crippen molar-refractivity contribution in [1.29, 1.82) is 0 Å². The SMILES string of the molecule is CC[C@H](C)[C@H](NC(=O)[C@H](Cc1ccc(O)cc1)NC(=O)[C@@H](NC(=O)[C@@H](N)CCCN/C(N)=N/[N+](=O)[O-])C(C)C)C(=O)N[C@@H](Cc1cnc[nH]1)C(=O)N1CCC[C@H]1C(=O)N[C@@H](C)C(=O)OCc1ccc([N+](=O)[O-])cc1. The Labute approximate surface area is 426 Å². The summed E-state index contributed by atoms with van der Waals surface area (Å²) in [6, 6.07) is 2.86. The van der Waals surface area contributed by atoms with Gasteiger partial charge >= 0.3 is 5.97 Å². The number of H-pyrrole nitrogens is 1. The average Bonchev–Trinajstić information content (AvgIpc) is 4.08. The molecule has 2 aromatic carbocycles. The van der Waals surface area contributed by atoms with Crippen molar-refractivity contribution >= 4 is 53.1 Å². The van der Waals surface area contributed by atoms with Crippen LogP contribution in [-0.2, 0) is 57.7 Å². The van der Waals surface area contributed by atoms with Gasteiger partial charge in [0.2, 0.25) is 35.4 Å². The Morgan fingerprint density at radius 1 is 0.865 bits per heavy atom. The maximum Gasteiger partial charge on any atom is 0.328 e. The number of carbonyl (C=O) groups excluding carboxylic acids is 7. The molecule has 27 nitrogen and oxygen atoms in total. The number of aromatic amines is 1. The number of nitrogens with two attached hydrogens (primary N) is 2. The zero-order chi connectivity index (χ0) is 54.6. The van der Waals surface area contributed by atoms with Crippen LogP contribution in [0.3, 0.4) is 0 Å². The van der Waals surface area contributed by atoms with E-state index < -0.39 is 111 Å². The predicted octanol–water partition coefficient (Wildman–Crippen LogP) is -0.107. The van der Waals surface area contributed by atoms with E-state index >= 15 is 0 Å². The summed E-state index contributed by atoms with van der Waals surface area (Å²) in [6.07, 6.45) is 3.99. The van der Waals surface area contributed by atoms with E-state index in [1.165, 1.54) is 60.7 Å². The van der Waals surface area contributed by atoms with Gasteiger partial charge in [-0.15, -0.1) is 0 Å². The van der Waals surface area contributed by atoms with Crippen molar-refractivity contribution in [2.24, 2.45) is 28.4 Å². The van der Waals surface area contributed by atoms with E-state index in [0.29, 0.717) is 29.7 Å². The summed E-state index contributed by atoms with van der Waals surface area (Å²) in [5.41, 5.74) is 12.9. The number of phenolic OH excluding ortho intramolecular Hbond substituents is 1. The Hall–Kier alpha value is -8.23. The van der Waals surface area contributed by atoms with Gasteiger partial charge in [0.15, 0.2) is 5.03 Å². The first-order chi connectivity index (χ1) is 35.1. The molecule has 1 aromatic heterocycles. The first-order valence-corrected chi connectivity index (χ1v) is 24.0. The number of aromatic hydroxyl groups is 1. The van der Waals surface area contributed by atoms with Gasteiger partial charge in [-0.05, 0) is 79.8 Å². The van der Waals surface area contributed by atoms with E-state index in [4.69, 9.17) is 16.2 Å². The van der Waals surface area contributed by atoms with Gasteiger partial charge < -0.3 is 63.1 Å². The van der Waals surface area contributed by atoms with E-state index in [1.807, 2.05) is 0 Å². The summed E-state index contributed by atoms with van der Waals surface area (Å²) in [7, 11) is 0. The molecule has 1 aliphatic rings. The lowest BCUT2D eigenvalue weighted by Gasteiger charge is -2.32. The molecule has 6 amide bonds. The highest BCUT2D eigenvalue weighted by atomic mass is 16.7. The minimum Gasteiger partial charge on any atom is -0.508 e. The second-order valence-electron chi connectivity index (χ2n) is 18.2. The van der Waals surface area contributed by atoms with Crippen LogP contribution in [0, 0.1) is 32.1 Å². The lowest BCUT2D eigenvalue weighted by molar-refractivity contribution is -0.485. The molecule has 1 aliphatic heterocycles. The van der Waals surface area contributed by atoms with Crippen LogP contribution in [0.1, 0.15) is 83.5 Å². The Balaban J connectivity index is 1.49. The Bertz CT molecular complexity index is 2460. The van der Waals surface area contributed by atoms with Gasteiger partial charge in [0.25, 0.3) is 11.6 Å². The number of hydrogen-bond acceptors (Lipinski definition) is 15. The van der Waals surface area contributed by atoms with Crippen molar-refractivity contribution in [1.82, 2.24) is 46.8 Å². The Morgan fingerprint density at radius 2 is 1.50 bits per heavy atom. The molecule has 0 saturated carbocycles. The van der Waals surface area contributed by atoms with E-state index in [9.17, 15) is 58.9 Å². The molecule has 4 rings (SSSR count). The lowest BCUT2D eigenvalue weighted by Crippen LogP contribution is -2.61.